The van der Waals surface area contributed by atoms with Crippen molar-refractivity contribution in [2.45, 2.75) is 77.8 Å². The molecule has 1 saturated carbocycles. The summed E-state index contributed by atoms with van der Waals surface area (Å²) in [5.41, 5.74) is 7.59. The fourth-order valence-corrected chi connectivity index (χ4v) is 3.50. The summed E-state index contributed by atoms with van der Waals surface area (Å²) in [5.74, 6) is 1.66. The molecule has 0 saturated heterocycles. The van der Waals surface area contributed by atoms with Crippen LogP contribution in [0.1, 0.15) is 71.0 Å². The predicted octanol–water partition coefficient (Wildman–Crippen LogP) is 3.94. The third-order valence-electron chi connectivity index (χ3n) is 4.83. The van der Waals surface area contributed by atoms with Gasteiger partial charge in [0.2, 0.25) is 0 Å². The fourth-order valence-electron chi connectivity index (χ4n) is 3.50. The van der Waals surface area contributed by atoms with Gasteiger partial charge in [0, 0.05) is 24.7 Å². The highest BCUT2D eigenvalue weighted by atomic mass is 15.3. The molecule has 1 heterocycles. The van der Waals surface area contributed by atoms with Crippen molar-refractivity contribution >= 4 is 0 Å². The highest BCUT2D eigenvalue weighted by molar-refractivity contribution is 5.02. The van der Waals surface area contributed by atoms with Gasteiger partial charge in [-0.1, -0.05) is 32.6 Å². The van der Waals surface area contributed by atoms with E-state index >= 15 is 0 Å². The fraction of sp³-hybridized carbons (Fsp3) is 0.824. The number of nitrogens with two attached hydrogens (primary N) is 1. The SMILES string of the molecule is CCCC1CCC(C(N)Cc2ccn(C(C)C)n2)CC1. The van der Waals surface area contributed by atoms with Crippen molar-refractivity contribution in [1.82, 2.24) is 9.78 Å². The molecule has 0 aromatic carbocycles. The minimum Gasteiger partial charge on any atom is -0.327 e. The topological polar surface area (TPSA) is 43.8 Å². The number of hydrogen-bond donors (Lipinski definition) is 1. The Balaban J connectivity index is 1.81. The first-order valence-electron chi connectivity index (χ1n) is 8.39. The first kappa shape index (κ1) is 15.6. The smallest absolute Gasteiger partial charge is 0.0640 e. The van der Waals surface area contributed by atoms with E-state index in [1.807, 2.05) is 4.68 Å². The summed E-state index contributed by atoms with van der Waals surface area (Å²) < 4.78 is 2.03. The molecule has 1 fully saturated rings. The van der Waals surface area contributed by atoms with Gasteiger partial charge in [-0.15, -0.1) is 0 Å². The highest BCUT2D eigenvalue weighted by Gasteiger charge is 2.25. The maximum absolute atomic E-state index is 6.44. The Hall–Kier alpha value is -0.830. The zero-order valence-corrected chi connectivity index (χ0v) is 13.4. The summed E-state index contributed by atoms with van der Waals surface area (Å²) in [5, 5.41) is 4.63. The molecule has 20 heavy (non-hydrogen) atoms. The number of hydrogen-bond acceptors (Lipinski definition) is 2. The Bertz CT molecular complexity index is 389. The van der Waals surface area contributed by atoms with Gasteiger partial charge in [-0.2, -0.15) is 5.10 Å². The molecule has 0 radical (unpaired) electrons. The van der Waals surface area contributed by atoms with E-state index in [0.717, 1.165) is 18.0 Å². The third-order valence-corrected chi connectivity index (χ3v) is 4.83. The van der Waals surface area contributed by atoms with Crippen molar-refractivity contribution in [3.63, 3.8) is 0 Å². The second kappa shape index (κ2) is 7.26. The van der Waals surface area contributed by atoms with Crippen LogP contribution in [0.25, 0.3) is 0 Å². The van der Waals surface area contributed by atoms with Crippen LogP contribution in [0, 0.1) is 11.8 Å². The first-order chi connectivity index (χ1) is 9.60. The van der Waals surface area contributed by atoms with Crippen LogP contribution >= 0.6 is 0 Å². The second-order valence-corrected chi connectivity index (χ2v) is 6.82. The van der Waals surface area contributed by atoms with E-state index in [2.05, 4.69) is 38.1 Å². The van der Waals surface area contributed by atoms with Gasteiger partial charge in [0.15, 0.2) is 0 Å². The van der Waals surface area contributed by atoms with Crippen molar-refractivity contribution in [1.29, 1.82) is 0 Å². The van der Waals surface area contributed by atoms with E-state index in [4.69, 9.17) is 5.73 Å². The summed E-state index contributed by atoms with van der Waals surface area (Å²) in [6.07, 6.45) is 11.1. The molecule has 3 heteroatoms. The minimum absolute atomic E-state index is 0.285. The van der Waals surface area contributed by atoms with Crippen LogP contribution in [-0.4, -0.2) is 15.8 Å². The van der Waals surface area contributed by atoms with Crippen molar-refractivity contribution in [2.75, 3.05) is 0 Å². The second-order valence-electron chi connectivity index (χ2n) is 6.82. The molecule has 1 aromatic rings. The van der Waals surface area contributed by atoms with E-state index in [9.17, 15) is 0 Å². The normalized spacial score (nSPS) is 25.1. The lowest BCUT2D eigenvalue weighted by molar-refractivity contribution is 0.232. The van der Waals surface area contributed by atoms with Gasteiger partial charge in [0.05, 0.1) is 5.69 Å². The Kier molecular flexibility index (Phi) is 5.64. The molecule has 0 amide bonds. The molecule has 1 aromatic heterocycles. The summed E-state index contributed by atoms with van der Waals surface area (Å²) in [6, 6.07) is 2.85. The molecule has 2 N–H and O–H groups in total. The van der Waals surface area contributed by atoms with Crippen LogP contribution in [0.5, 0.6) is 0 Å². The van der Waals surface area contributed by atoms with E-state index in [1.54, 1.807) is 0 Å². The first-order valence-corrected chi connectivity index (χ1v) is 8.39. The number of aromatic nitrogens is 2. The molecule has 2 rings (SSSR count). The summed E-state index contributed by atoms with van der Waals surface area (Å²) >= 11 is 0. The standard InChI is InChI=1S/C17H31N3/c1-4-5-14-6-8-15(9-7-14)17(18)12-16-10-11-20(19-16)13(2)3/h10-11,13-15,17H,4-9,12,18H2,1-3H3. The van der Waals surface area contributed by atoms with Gasteiger partial charge in [0.25, 0.3) is 0 Å². The van der Waals surface area contributed by atoms with Crippen molar-refractivity contribution in [3.8, 4) is 0 Å². The van der Waals surface area contributed by atoms with Gasteiger partial charge in [-0.25, -0.2) is 0 Å². The molecule has 114 valence electrons. The summed E-state index contributed by atoms with van der Waals surface area (Å²) in [7, 11) is 0. The third kappa shape index (κ3) is 4.08. The largest absolute Gasteiger partial charge is 0.327 e. The average molecular weight is 277 g/mol. The molecule has 1 unspecified atom stereocenters. The molecule has 1 aliphatic carbocycles. The summed E-state index contributed by atoms with van der Waals surface area (Å²) in [4.78, 5) is 0. The predicted molar refractivity (Wildman–Crippen MR) is 84.6 cm³/mol. The molecule has 1 atom stereocenters. The highest BCUT2D eigenvalue weighted by Crippen LogP contribution is 2.33. The zero-order valence-electron chi connectivity index (χ0n) is 13.4. The Morgan fingerprint density at radius 1 is 1.30 bits per heavy atom. The van der Waals surface area contributed by atoms with E-state index < -0.39 is 0 Å². The Morgan fingerprint density at radius 3 is 2.55 bits per heavy atom. The van der Waals surface area contributed by atoms with Crippen LogP contribution in [0.3, 0.4) is 0 Å². The molecule has 1 aliphatic rings. The van der Waals surface area contributed by atoms with Gasteiger partial charge in [-0.3, -0.25) is 4.68 Å². The van der Waals surface area contributed by atoms with Crippen LogP contribution in [0.15, 0.2) is 12.3 Å². The molecular formula is C17H31N3. The lowest BCUT2D eigenvalue weighted by Crippen LogP contribution is -2.35. The number of nitrogens with zero attached hydrogens (tertiary/aromatic N) is 2. The minimum atomic E-state index is 0.285. The lowest BCUT2D eigenvalue weighted by atomic mass is 9.76. The Labute approximate surface area is 123 Å². The van der Waals surface area contributed by atoms with Gasteiger partial charge in [0.1, 0.15) is 0 Å². The van der Waals surface area contributed by atoms with Crippen LogP contribution in [0.4, 0.5) is 0 Å². The number of rotatable bonds is 6. The Morgan fingerprint density at radius 2 is 2.00 bits per heavy atom. The summed E-state index contributed by atoms with van der Waals surface area (Å²) in [6.45, 7) is 6.61. The monoisotopic (exact) mass is 277 g/mol. The zero-order chi connectivity index (χ0) is 14.5. The van der Waals surface area contributed by atoms with Crippen molar-refractivity contribution < 1.29 is 0 Å². The maximum atomic E-state index is 6.44. The average Bonchev–Trinajstić information content (AvgIpc) is 2.88. The van der Waals surface area contributed by atoms with E-state index in [1.165, 1.54) is 38.5 Å². The van der Waals surface area contributed by atoms with Gasteiger partial charge in [-0.05, 0) is 44.6 Å². The van der Waals surface area contributed by atoms with Gasteiger partial charge < -0.3 is 5.73 Å². The van der Waals surface area contributed by atoms with Crippen LogP contribution in [-0.2, 0) is 6.42 Å². The molecular weight excluding hydrogens is 246 g/mol. The van der Waals surface area contributed by atoms with Crippen molar-refractivity contribution in [3.05, 3.63) is 18.0 Å². The van der Waals surface area contributed by atoms with Crippen LogP contribution in [0.2, 0.25) is 0 Å². The van der Waals surface area contributed by atoms with Gasteiger partial charge >= 0.3 is 0 Å². The van der Waals surface area contributed by atoms with E-state index in [0.29, 0.717) is 12.0 Å². The maximum Gasteiger partial charge on any atom is 0.0640 e. The van der Waals surface area contributed by atoms with E-state index in [-0.39, 0.29) is 6.04 Å². The molecule has 0 aliphatic heterocycles. The molecule has 3 nitrogen and oxygen atoms in total. The van der Waals surface area contributed by atoms with Crippen LogP contribution < -0.4 is 5.73 Å². The van der Waals surface area contributed by atoms with Crippen molar-refractivity contribution in [2.24, 2.45) is 17.6 Å². The quantitative estimate of drug-likeness (QED) is 0.856. The molecule has 0 bridgehead atoms. The molecule has 0 spiro atoms. The lowest BCUT2D eigenvalue weighted by Gasteiger charge is -2.31.